The Morgan fingerprint density at radius 3 is 2.48 bits per heavy atom. The zero-order valence-corrected chi connectivity index (χ0v) is 15.7. The lowest BCUT2D eigenvalue weighted by atomic mass is 9.93. The minimum absolute atomic E-state index is 0.0266. The normalized spacial score (nSPS) is 15.5. The first kappa shape index (κ1) is 20.4. The molecule has 7 heteroatoms. The van der Waals surface area contributed by atoms with Gasteiger partial charge in [0.1, 0.15) is 0 Å². The SMILES string of the molecule is CC(C)NC(=O)Nc1cccc(C(=O)C(C#N)C(=O)NC2CCCCC2)c1. The average molecular weight is 370 g/mol. The van der Waals surface area contributed by atoms with E-state index in [1.807, 2.05) is 19.9 Å². The molecular formula is C20H26N4O3. The van der Waals surface area contributed by atoms with Gasteiger partial charge in [-0.1, -0.05) is 31.4 Å². The number of benzene rings is 1. The summed E-state index contributed by atoms with van der Waals surface area (Å²) in [7, 11) is 0. The number of nitrogens with one attached hydrogen (secondary N) is 3. The summed E-state index contributed by atoms with van der Waals surface area (Å²) in [5.74, 6) is -2.52. The Morgan fingerprint density at radius 2 is 1.85 bits per heavy atom. The molecule has 27 heavy (non-hydrogen) atoms. The number of amides is 3. The van der Waals surface area contributed by atoms with Crippen molar-refractivity contribution in [1.82, 2.24) is 10.6 Å². The van der Waals surface area contributed by atoms with Gasteiger partial charge in [0.2, 0.25) is 5.91 Å². The summed E-state index contributed by atoms with van der Waals surface area (Å²) in [4.78, 5) is 36.9. The van der Waals surface area contributed by atoms with E-state index in [1.165, 1.54) is 12.1 Å². The van der Waals surface area contributed by atoms with Crippen LogP contribution in [0.2, 0.25) is 0 Å². The predicted molar refractivity (Wildman–Crippen MR) is 102 cm³/mol. The molecule has 1 saturated carbocycles. The molecule has 0 heterocycles. The lowest BCUT2D eigenvalue weighted by Gasteiger charge is -2.23. The molecule has 1 atom stereocenters. The van der Waals surface area contributed by atoms with Crippen LogP contribution in [0.5, 0.6) is 0 Å². The molecule has 0 bridgehead atoms. The van der Waals surface area contributed by atoms with Crippen LogP contribution in [-0.2, 0) is 4.79 Å². The van der Waals surface area contributed by atoms with Crippen LogP contribution in [0.1, 0.15) is 56.3 Å². The van der Waals surface area contributed by atoms with Gasteiger partial charge in [0.25, 0.3) is 0 Å². The van der Waals surface area contributed by atoms with Crippen LogP contribution in [0.25, 0.3) is 0 Å². The Morgan fingerprint density at radius 1 is 1.15 bits per heavy atom. The van der Waals surface area contributed by atoms with Gasteiger partial charge < -0.3 is 16.0 Å². The van der Waals surface area contributed by atoms with Crippen LogP contribution in [0, 0.1) is 17.2 Å². The van der Waals surface area contributed by atoms with E-state index in [0.717, 1.165) is 32.1 Å². The van der Waals surface area contributed by atoms with Crippen molar-refractivity contribution in [3.8, 4) is 6.07 Å². The van der Waals surface area contributed by atoms with Crippen LogP contribution in [-0.4, -0.2) is 29.8 Å². The molecule has 1 aliphatic rings. The number of hydrogen-bond donors (Lipinski definition) is 3. The molecule has 3 N–H and O–H groups in total. The maximum Gasteiger partial charge on any atom is 0.319 e. The van der Waals surface area contributed by atoms with E-state index in [4.69, 9.17) is 0 Å². The summed E-state index contributed by atoms with van der Waals surface area (Å²) in [6.45, 7) is 3.67. The first-order valence-electron chi connectivity index (χ1n) is 9.32. The number of ketones is 1. The third-order valence-corrected chi connectivity index (χ3v) is 4.43. The molecule has 2 rings (SSSR count). The van der Waals surface area contributed by atoms with E-state index in [9.17, 15) is 19.6 Å². The zero-order chi connectivity index (χ0) is 19.8. The zero-order valence-electron chi connectivity index (χ0n) is 15.7. The fraction of sp³-hybridized carbons (Fsp3) is 0.500. The number of hydrogen-bond acceptors (Lipinski definition) is 4. The summed E-state index contributed by atoms with van der Waals surface area (Å²) in [6, 6.07) is 7.68. The quantitative estimate of drug-likeness (QED) is 0.528. The summed E-state index contributed by atoms with van der Waals surface area (Å²) in [6.07, 6.45) is 4.99. The number of nitrogens with zero attached hydrogens (tertiary/aromatic N) is 1. The maximum atomic E-state index is 12.7. The third-order valence-electron chi connectivity index (χ3n) is 4.43. The molecule has 1 aromatic carbocycles. The summed E-state index contributed by atoms with van der Waals surface area (Å²) in [5.41, 5.74) is 0.631. The number of Topliss-reactive ketones (excluding diaryl/α,β-unsaturated/α-hetero) is 1. The predicted octanol–water partition coefficient (Wildman–Crippen LogP) is 2.99. The number of nitriles is 1. The summed E-state index contributed by atoms with van der Waals surface area (Å²) >= 11 is 0. The topological polar surface area (TPSA) is 111 Å². The van der Waals surface area contributed by atoms with Gasteiger partial charge >= 0.3 is 6.03 Å². The van der Waals surface area contributed by atoms with Crippen molar-refractivity contribution in [2.75, 3.05) is 5.32 Å². The van der Waals surface area contributed by atoms with Crippen LogP contribution in [0.4, 0.5) is 10.5 Å². The molecule has 7 nitrogen and oxygen atoms in total. The Bertz CT molecular complexity index is 733. The second kappa shape index (κ2) is 9.72. The largest absolute Gasteiger partial charge is 0.352 e. The van der Waals surface area contributed by atoms with E-state index in [2.05, 4.69) is 16.0 Å². The van der Waals surface area contributed by atoms with Crippen LogP contribution in [0.3, 0.4) is 0 Å². The molecule has 1 aliphatic carbocycles. The number of carbonyl (C=O) groups excluding carboxylic acids is 3. The van der Waals surface area contributed by atoms with Gasteiger partial charge in [-0.3, -0.25) is 9.59 Å². The minimum Gasteiger partial charge on any atom is -0.352 e. The highest BCUT2D eigenvalue weighted by Crippen LogP contribution is 2.19. The van der Waals surface area contributed by atoms with Crippen molar-refractivity contribution in [2.45, 2.75) is 58.0 Å². The van der Waals surface area contributed by atoms with Gasteiger partial charge in [-0.25, -0.2) is 4.79 Å². The first-order valence-corrected chi connectivity index (χ1v) is 9.32. The molecule has 0 radical (unpaired) electrons. The molecule has 1 unspecified atom stereocenters. The Labute approximate surface area is 159 Å². The number of anilines is 1. The Hall–Kier alpha value is -2.88. The van der Waals surface area contributed by atoms with Gasteiger partial charge in [-0.05, 0) is 38.8 Å². The van der Waals surface area contributed by atoms with Gasteiger partial charge in [-0.15, -0.1) is 0 Å². The van der Waals surface area contributed by atoms with E-state index < -0.39 is 17.6 Å². The number of urea groups is 1. The van der Waals surface area contributed by atoms with Crippen LogP contribution < -0.4 is 16.0 Å². The van der Waals surface area contributed by atoms with Gasteiger partial charge in [0, 0.05) is 23.3 Å². The molecule has 0 saturated heterocycles. The fourth-order valence-electron chi connectivity index (χ4n) is 3.11. The lowest BCUT2D eigenvalue weighted by Crippen LogP contribution is -2.42. The Kier molecular flexibility index (Phi) is 7.35. The Balaban J connectivity index is 2.05. The second-order valence-corrected chi connectivity index (χ2v) is 7.10. The van der Waals surface area contributed by atoms with Gasteiger partial charge in [0.15, 0.2) is 11.7 Å². The fourth-order valence-corrected chi connectivity index (χ4v) is 3.11. The molecule has 144 valence electrons. The molecule has 1 aromatic rings. The van der Waals surface area contributed by atoms with Gasteiger partial charge in [0.05, 0.1) is 6.07 Å². The van der Waals surface area contributed by atoms with Crippen LogP contribution >= 0.6 is 0 Å². The summed E-state index contributed by atoms with van der Waals surface area (Å²) in [5, 5.41) is 17.5. The van der Waals surface area contributed by atoms with E-state index >= 15 is 0 Å². The highest BCUT2D eigenvalue weighted by Gasteiger charge is 2.29. The smallest absolute Gasteiger partial charge is 0.319 e. The molecule has 3 amide bonds. The minimum atomic E-state index is -1.40. The van der Waals surface area contributed by atoms with Crippen molar-refractivity contribution in [2.24, 2.45) is 5.92 Å². The average Bonchev–Trinajstić information content (AvgIpc) is 2.62. The summed E-state index contributed by atoms with van der Waals surface area (Å²) < 4.78 is 0. The molecule has 0 spiro atoms. The van der Waals surface area contributed by atoms with Crippen molar-refractivity contribution in [3.63, 3.8) is 0 Å². The monoisotopic (exact) mass is 370 g/mol. The van der Waals surface area contributed by atoms with Crippen molar-refractivity contribution in [1.29, 1.82) is 5.26 Å². The van der Waals surface area contributed by atoms with Crippen molar-refractivity contribution >= 4 is 23.4 Å². The van der Waals surface area contributed by atoms with Crippen molar-refractivity contribution < 1.29 is 14.4 Å². The van der Waals surface area contributed by atoms with Gasteiger partial charge in [-0.2, -0.15) is 5.26 Å². The van der Waals surface area contributed by atoms with E-state index in [0.29, 0.717) is 5.69 Å². The molecule has 0 aromatic heterocycles. The highest BCUT2D eigenvalue weighted by molar-refractivity contribution is 6.12. The second-order valence-electron chi connectivity index (χ2n) is 7.10. The van der Waals surface area contributed by atoms with Crippen molar-refractivity contribution in [3.05, 3.63) is 29.8 Å². The number of carbonyl (C=O) groups is 3. The van der Waals surface area contributed by atoms with Crippen LogP contribution in [0.15, 0.2) is 24.3 Å². The molecule has 1 fully saturated rings. The molecule has 0 aliphatic heterocycles. The highest BCUT2D eigenvalue weighted by atomic mass is 16.2. The number of rotatable bonds is 6. The molecular weight excluding hydrogens is 344 g/mol. The maximum absolute atomic E-state index is 12.7. The van der Waals surface area contributed by atoms with E-state index in [1.54, 1.807) is 12.1 Å². The first-order chi connectivity index (χ1) is 12.9. The standard InChI is InChI=1S/C20H26N4O3/c1-13(2)22-20(27)24-16-10-6-7-14(11-16)18(25)17(12-21)19(26)23-15-8-4-3-5-9-15/h6-7,10-11,13,15,17H,3-5,8-9H2,1-2H3,(H,23,26)(H2,22,24,27). The van der Waals surface area contributed by atoms with E-state index in [-0.39, 0.29) is 23.7 Å². The lowest BCUT2D eigenvalue weighted by molar-refractivity contribution is -0.123. The third kappa shape index (κ3) is 6.10.